The fourth-order valence-electron chi connectivity index (χ4n) is 1.73. The molecule has 0 spiro atoms. The summed E-state index contributed by atoms with van der Waals surface area (Å²) in [7, 11) is 0. The van der Waals surface area contributed by atoms with E-state index in [2.05, 4.69) is 10.6 Å². The van der Waals surface area contributed by atoms with Gasteiger partial charge in [0.25, 0.3) is 0 Å². The SMILES string of the molecule is O=C(NCCCl)C(=O)NCCCN1CCCC1=O. The lowest BCUT2D eigenvalue weighted by Gasteiger charge is -2.15. The molecule has 1 heterocycles. The maximum Gasteiger partial charge on any atom is 0.309 e. The van der Waals surface area contributed by atoms with E-state index in [4.69, 9.17) is 11.6 Å². The van der Waals surface area contributed by atoms with Gasteiger partial charge in [0.1, 0.15) is 0 Å². The molecule has 1 aliphatic rings. The third-order valence-corrected chi connectivity index (χ3v) is 2.84. The van der Waals surface area contributed by atoms with Crippen LogP contribution in [0.5, 0.6) is 0 Å². The summed E-state index contributed by atoms with van der Waals surface area (Å²) in [6.07, 6.45) is 2.18. The van der Waals surface area contributed by atoms with Gasteiger partial charge in [0.05, 0.1) is 0 Å². The van der Waals surface area contributed by atoms with Crippen molar-refractivity contribution in [3.8, 4) is 0 Å². The Morgan fingerprint density at radius 1 is 1.22 bits per heavy atom. The van der Waals surface area contributed by atoms with Gasteiger partial charge in [0.2, 0.25) is 5.91 Å². The Balaban J connectivity index is 2.08. The van der Waals surface area contributed by atoms with Crippen molar-refractivity contribution in [1.29, 1.82) is 0 Å². The predicted octanol–water partition coefficient (Wildman–Crippen LogP) is -0.530. The van der Waals surface area contributed by atoms with E-state index in [0.717, 1.165) is 13.0 Å². The summed E-state index contributed by atoms with van der Waals surface area (Å²) in [5.74, 6) is -0.891. The van der Waals surface area contributed by atoms with E-state index in [0.29, 0.717) is 25.9 Å². The quantitative estimate of drug-likeness (QED) is 0.389. The molecular weight excluding hydrogens is 258 g/mol. The minimum atomic E-state index is -0.673. The van der Waals surface area contributed by atoms with Crippen LogP contribution in [-0.2, 0) is 14.4 Å². The van der Waals surface area contributed by atoms with Gasteiger partial charge in [-0.15, -0.1) is 11.6 Å². The van der Waals surface area contributed by atoms with Crippen LogP contribution < -0.4 is 10.6 Å². The van der Waals surface area contributed by atoms with E-state index in [-0.39, 0.29) is 18.3 Å². The van der Waals surface area contributed by atoms with Crippen molar-refractivity contribution >= 4 is 29.3 Å². The van der Waals surface area contributed by atoms with Crippen LogP contribution in [0.2, 0.25) is 0 Å². The molecular formula is C11H18ClN3O3. The Labute approximate surface area is 111 Å². The zero-order valence-corrected chi connectivity index (χ0v) is 11.0. The maximum absolute atomic E-state index is 11.3. The van der Waals surface area contributed by atoms with Crippen LogP contribution in [0.15, 0.2) is 0 Å². The molecule has 0 unspecified atom stereocenters. The molecule has 1 rings (SSSR count). The van der Waals surface area contributed by atoms with Crippen LogP contribution in [0.3, 0.4) is 0 Å². The highest BCUT2D eigenvalue weighted by Crippen LogP contribution is 2.09. The van der Waals surface area contributed by atoms with Crippen LogP contribution in [0.4, 0.5) is 0 Å². The molecule has 1 fully saturated rings. The van der Waals surface area contributed by atoms with Gasteiger partial charge in [-0.3, -0.25) is 14.4 Å². The van der Waals surface area contributed by atoms with E-state index in [1.54, 1.807) is 4.90 Å². The lowest BCUT2D eigenvalue weighted by molar-refractivity contribution is -0.139. The van der Waals surface area contributed by atoms with Gasteiger partial charge in [-0.25, -0.2) is 0 Å². The first-order valence-corrected chi connectivity index (χ1v) is 6.58. The Bertz CT molecular complexity index is 323. The summed E-state index contributed by atoms with van der Waals surface area (Å²) >= 11 is 5.38. The smallest absolute Gasteiger partial charge is 0.309 e. The average molecular weight is 276 g/mol. The lowest BCUT2D eigenvalue weighted by Crippen LogP contribution is -2.41. The van der Waals surface area contributed by atoms with Crippen molar-refractivity contribution in [2.75, 3.05) is 32.1 Å². The van der Waals surface area contributed by atoms with Crippen LogP contribution in [0.25, 0.3) is 0 Å². The summed E-state index contributed by atoms with van der Waals surface area (Å²) < 4.78 is 0. The van der Waals surface area contributed by atoms with Gasteiger partial charge >= 0.3 is 11.8 Å². The second kappa shape index (κ2) is 7.92. The van der Waals surface area contributed by atoms with Crippen molar-refractivity contribution in [2.24, 2.45) is 0 Å². The van der Waals surface area contributed by atoms with E-state index in [1.165, 1.54) is 0 Å². The van der Waals surface area contributed by atoms with Crippen molar-refractivity contribution in [3.05, 3.63) is 0 Å². The van der Waals surface area contributed by atoms with Crippen LogP contribution in [0, 0.1) is 0 Å². The summed E-state index contributed by atoms with van der Waals surface area (Å²) in [6.45, 7) is 2.08. The molecule has 0 saturated carbocycles. The van der Waals surface area contributed by atoms with Gasteiger partial charge in [0.15, 0.2) is 0 Å². The molecule has 7 heteroatoms. The maximum atomic E-state index is 11.3. The highest BCUT2D eigenvalue weighted by molar-refractivity contribution is 6.35. The summed E-state index contributed by atoms with van der Waals surface area (Å²) in [5.41, 5.74) is 0. The number of hydrogen-bond donors (Lipinski definition) is 2. The van der Waals surface area contributed by atoms with Crippen LogP contribution in [0.1, 0.15) is 19.3 Å². The van der Waals surface area contributed by atoms with Crippen molar-refractivity contribution in [2.45, 2.75) is 19.3 Å². The van der Waals surface area contributed by atoms with E-state index in [1.807, 2.05) is 0 Å². The normalized spacial score (nSPS) is 14.7. The van der Waals surface area contributed by atoms with E-state index in [9.17, 15) is 14.4 Å². The molecule has 6 nitrogen and oxygen atoms in total. The zero-order valence-electron chi connectivity index (χ0n) is 10.2. The Kier molecular flexibility index (Phi) is 6.49. The number of hydrogen-bond acceptors (Lipinski definition) is 3. The second-order valence-corrected chi connectivity index (χ2v) is 4.42. The largest absolute Gasteiger partial charge is 0.348 e. The molecule has 3 amide bonds. The molecule has 0 bridgehead atoms. The van der Waals surface area contributed by atoms with Crippen molar-refractivity contribution in [3.63, 3.8) is 0 Å². The highest BCUT2D eigenvalue weighted by Gasteiger charge is 2.19. The standard InChI is InChI=1S/C11H18ClN3O3/c12-4-6-14-11(18)10(17)13-5-2-8-15-7-1-3-9(15)16/h1-8H2,(H,13,17)(H,14,18). The third kappa shape index (κ3) is 4.91. The van der Waals surface area contributed by atoms with Crippen molar-refractivity contribution < 1.29 is 14.4 Å². The minimum absolute atomic E-state index is 0.168. The van der Waals surface area contributed by atoms with Crippen LogP contribution >= 0.6 is 11.6 Å². The topological polar surface area (TPSA) is 78.5 Å². The van der Waals surface area contributed by atoms with Gasteiger partial charge in [-0.2, -0.15) is 0 Å². The third-order valence-electron chi connectivity index (χ3n) is 2.65. The molecule has 102 valence electrons. The second-order valence-electron chi connectivity index (χ2n) is 4.04. The van der Waals surface area contributed by atoms with Gasteiger partial charge in [-0.1, -0.05) is 0 Å². The summed E-state index contributed by atoms with van der Waals surface area (Å²) in [5, 5.41) is 4.87. The monoisotopic (exact) mass is 275 g/mol. The molecule has 0 aromatic heterocycles. The molecule has 1 aliphatic heterocycles. The molecule has 2 N–H and O–H groups in total. The first-order chi connectivity index (χ1) is 8.65. The number of amides is 3. The number of nitrogens with zero attached hydrogens (tertiary/aromatic N) is 1. The zero-order chi connectivity index (χ0) is 13.4. The average Bonchev–Trinajstić information content (AvgIpc) is 2.77. The van der Waals surface area contributed by atoms with Gasteiger partial charge in [0, 0.05) is 38.5 Å². The number of carbonyl (C=O) groups is 3. The lowest BCUT2D eigenvalue weighted by atomic mass is 10.3. The molecule has 18 heavy (non-hydrogen) atoms. The number of halogens is 1. The van der Waals surface area contributed by atoms with Crippen LogP contribution in [-0.4, -0.2) is 54.7 Å². The first-order valence-electron chi connectivity index (χ1n) is 6.05. The number of carbonyl (C=O) groups excluding carboxylic acids is 3. The van der Waals surface area contributed by atoms with Gasteiger partial charge in [-0.05, 0) is 12.8 Å². The van der Waals surface area contributed by atoms with Gasteiger partial charge < -0.3 is 15.5 Å². The highest BCUT2D eigenvalue weighted by atomic mass is 35.5. The molecule has 1 saturated heterocycles. The Morgan fingerprint density at radius 3 is 2.44 bits per heavy atom. The minimum Gasteiger partial charge on any atom is -0.348 e. The van der Waals surface area contributed by atoms with Crippen molar-refractivity contribution in [1.82, 2.24) is 15.5 Å². The molecule has 0 atom stereocenters. The molecule has 0 aromatic rings. The number of nitrogens with one attached hydrogen (secondary N) is 2. The molecule has 0 aliphatic carbocycles. The number of likely N-dealkylation sites (tertiary alicyclic amines) is 1. The fraction of sp³-hybridized carbons (Fsp3) is 0.727. The Hall–Kier alpha value is -1.30. The molecule has 0 aromatic carbocycles. The molecule has 0 radical (unpaired) electrons. The number of alkyl halides is 1. The summed E-state index contributed by atoms with van der Waals surface area (Å²) in [4.78, 5) is 35.5. The summed E-state index contributed by atoms with van der Waals surface area (Å²) in [6, 6.07) is 0. The number of rotatable bonds is 6. The van der Waals surface area contributed by atoms with E-state index < -0.39 is 11.8 Å². The first kappa shape index (κ1) is 14.8. The Morgan fingerprint density at radius 2 is 1.89 bits per heavy atom. The fourth-order valence-corrected chi connectivity index (χ4v) is 1.83. The predicted molar refractivity (Wildman–Crippen MR) is 67.2 cm³/mol. The van der Waals surface area contributed by atoms with E-state index >= 15 is 0 Å².